The van der Waals surface area contributed by atoms with E-state index in [4.69, 9.17) is 9.47 Å². The number of hydrogen-bond acceptors (Lipinski definition) is 4. The Hall–Kier alpha value is -2.04. The van der Waals surface area contributed by atoms with E-state index in [1.807, 2.05) is 13.8 Å². The van der Waals surface area contributed by atoms with Crippen LogP contribution in [0.15, 0.2) is 23.9 Å². The van der Waals surface area contributed by atoms with Crippen molar-refractivity contribution in [2.45, 2.75) is 20.3 Å². The summed E-state index contributed by atoms with van der Waals surface area (Å²) in [6.45, 7) is 3.89. The van der Waals surface area contributed by atoms with Crippen molar-refractivity contribution in [1.29, 1.82) is 0 Å². The summed E-state index contributed by atoms with van der Waals surface area (Å²) in [6, 6.07) is 5.21. The van der Waals surface area contributed by atoms with Crippen molar-refractivity contribution >= 4 is 6.08 Å². The first-order chi connectivity index (χ1) is 8.97. The maximum atomic E-state index is 11.0. The summed E-state index contributed by atoms with van der Waals surface area (Å²) in [6.07, 6.45) is 1.97. The van der Waals surface area contributed by atoms with Crippen molar-refractivity contribution in [3.05, 3.63) is 39.6 Å². The van der Waals surface area contributed by atoms with E-state index in [9.17, 15) is 10.1 Å². The van der Waals surface area contributed by atoms with Gasteiger partial charge in [0.15, 0.2) is 0 Å². The van der Waals surface area contributed by atoms with Gasteiger partial charge in [0, 0.05) is 24.1 Å². The molecule has 0 aliphatic rings. The Bertz CT molecular complexity index is 480. The number of hydrogen-bond donors (Lipinski definition) is 0. The van der Waals surface area contributed by atoms with Gasteiger partial charge in [0.05, 0.1) is 19.1 Å². The van der Waals surface area contributed by atoms with Crippen LogP contribution in [0.5, 0.6) is 11.5 Å². The molecule has 0 fully saturated rings. The molecule has 0 aliphatic heterocycles. The van der Waals surface area contributed by atoms with Crippen molar-refractivity contribution < 1.29 is 14.4 Å². The molecule has 0 atom stereocenters. The lowest BCUT2D eigenvalue weighted by molar-refractivity contribution is -0.427. The first-order valence-corrected chi connectivity index (χ1v) is 6.05. The number of benzene rings is 1. The number of nitrogens with zero attached hydrogens (tertiary/aromatic N) is 1. The lowest BCUT2D eigenvalue weighted by Crippen LogP contribution is -2.02. The van der Waals surface area contributed by atoms with Crippen LogP contribution in [0.1, 0.15) is 25.8 Å². The van der Waals surface area contributed by atoms with Crippen molar-refractivity contribution in [1.82, 2.24) is 0 Å². The predicted octanol–water partition coefficient (Wildman–Crippen LogP) is 3.37. The second kappa shape index (κ2) is 6.78. The monoisotopic (exact) mass is 265 g/mol. The normalized spacial score (nSPS) is 11.5. The molecule has 0 heterocycles. The molecule has 1 aromatic rings. The highest BCUT2D eigenvalue weighted by Crippen LogP contribution is 2.27. The van der Waals surface area contributed by atoms with Gasteiger partial charge in [0.1, 0.15) is 11.5 Å². The van der Waals surface area contributed by atoms with Crippen molar-refractivity contribution in [2.24, 2.45) is 5.92 Å². The largest absolute Gasteiger partial charge is 0.497 e. The molecule has 104 valence electrons. The summed E-state index contributed by atoms with van der Waals surface area (Å²) in [5.41, 5.74) is 0.856. The van der Waals surface area contributed by atoms with E-state index >= 15 is 0 Å². The van der Waals surface area contributed by atoms with E-state index in [2.05, 4.69) is 0 Å². The molecule has 5 nitrogen and oxygen atoms in total. The Morgan fingerprint density at radius 1 is 1.37 bits per heavy atom. The average molecular weight is 265 g/mol. The van der Waals surface area contributed by atoms with E-state index < -0.39 is 0 Å². The van der Waals surface area contributed by atoms with Crippen LogP contribution < -0.4 is 9.47 Å². The summed E-state index contributed by atoms with van der Waals surface area (Å²) in [4.78, 5) is 10.7. The SMILES string of the molecule is COc1ccc(C=C(CC(C)C)[N+](=O)[O-])c(OC)c1. The minimum atomic E-state index is -0.344. The summed E-state index contributed by atoms with van der Waals surface area (Å²) in [7, 11) is 3.09. The lowest BCUT2D eigenvalue weighted by atomic mass is 10.1. The van der Waals surface area contributed by atoms with E-state index in [0.717, 1.165) is 0 Å². The summed E-state index contributed by atoms with van der Waals surface area (Å²) in [5.74, 6) is 1.43. The van der Waals surface area contributed by atoms with Crippen LogP contribution in [-0.2, 0) is 0 Å². The second-order valence-corrected chi connectivity index (χ2v) is 4.60. The number of rotatable bonds is 6. The van der Waals surface area contributed by atoms with E-state index in [-0.39, 0.29) is 16.5 Å². The average Bonchev–Trinajstić information content (AvgIpc) is 2.37. The number of allylic oxidation sites excluding steroid dienone is 1. The highest BCUT2D eigenvalue weighted by Gasteiger charge is 2.14. The first-order valence-electron chi connectivity index (χ1n) is 6.05. The molecule has 0 bridgehead atoms. The zero-order valence-electron chi connectivity index (χ0n) is 11.7. The Morgan fingerprint density at radius 3 is 2.53 bits per heavy atom. The van der Waals surface area contributed by atoms with E-state index in [1.165, 1.54) is 7.11 Å². The van der Waals surface area contributed by atoms with Crippen LogP contribution >= 0.6 is 0 Å². The third-order valence-electron chi connectivity index (χ3n) is 2.61. The van der Waals surface area contributed by atoms with Gasteiger partial charge in [0.2, 0.25) is 5.70 Å². The molecule has 0 radical (unpaired) electrons. The molecule has 0 spiro atoms. The molecule has 0 aliphatic carbocycles. The smallest absolute Gasteiger partial charge is 0.247 e. The molecular formula is C14H19NO4. The van der Waals surface area contributed by atoms with Crippen LogP contribution in [-0.4, -0.2) is 19.1 Å². The van der Waals surface area contributed by atoms with Crippen LogP contribution in [0.4, 0.5) is 0 Å². The fraction of sp³-hybridized carbons (Fsp3) is 0.429. The van der Waals surface area contributed by atoms with Gasteiger partial charge in [-0.1, -0.05) is 13.8 Å². The molecule has 0 saturated heterocycles. The minimum absolute atomic E-state index is 0.179. The topological polar surface area (TPSA) is 61.6 Å². The summed E-state index contributed by atoms with van der Waals surface area (Å²) in [5, 5.41) is 11.0. The molecule has 1 aromatic carbocycles. The predicted molar refractivity (Wildman–Crippen MR) is 74.0 cm³/mol. The third kappa shape index (κ3) is 4.28. The van der Waals surface area contributed by atoms with E-state index in [0.29, 0.717) is 23.5 Å². The van der Waals surface area contributed by atoms with Gasteiger partial charge >= 0.3 is 0 Å². The lowest BCUT2D eigenvalue weighted by Gasteiger charge is -2.08. The Balaban J connectivity index is 3.16. The van der Waals surface area contributed by atoms with Crippen molar-refractivity contribution in [2.75, 3.05) is 14.2 Å². The van der Waals surface area contributed by atoms with Crippen molar-refractivity contribution in [3.63, 3.8) is 0 Å². The molecular weight excluding hydrogens is 246 g/mol. The van der Waals surface area contributed by atoms with Crippen LogP contribution in [0, 0.1) is 16.0 Å². The summed E-state index contributed by atoms with van der Waals surface area (Å²) < 4.78 is 10.3. The molecule has 19 heavy (non-hydrogen) atoms. The Kier molecular flexibility index (Phi) is 5.36. The fourth-order valence-electron chi connectivity index (χ4n) is 1.72. The first kappa shape index (κ1) is 15.0. The standard InChI is InChI=1S/C14H19NO4/c1-10(2)7-12(15(16)17)8-11-5-6-13(18-3)9-14(11)19-4/h5-6,8-10H,7H2,1-4H3. The fourth-order valence-corrected chi connectivity index (χ4v) is 1.72. The molecule has 5 heteroatoms. The van der Waals surface area contributed by atoms with E-state index in [1.54, 1.807) is 31.4 Å². The third-order valence-corrected chi connectivity index (χ3v) is 2.61. The van der Waals surface area contributed by atoms with Gasteiger partial charge in [-0.3, -0.25) is 10.1 Å². The van der Waals surface area contributed by atoms with Gasteiger partial charge in [-0.15, -0.1) is 0 Å². The van der Waals surface area contributed by atoms with Crippen molar-refractivity contribution in [3.8, 4) is 11.5 Å². The quantitative estimate of drug-likeness (QED) is 0.584. The van der Waals surface area contributed by atoms with Gasteiger partial charge < -0.3 is 9.47 Å². The molecule has 0 saturated carbocycles. The maximum absolute atomic E-state index is 11.0. The minimum Gasteiger partial charge on any atom is -0.497 e. The zero-order valence-corrected chi connectivity index (χ0v) is 11.7. The number of ether oxygens (including phenoxy) is 2. The van der Waals surface area contributed by atoms with Crippen LogP contribution in [0.25, 0.3) is 6.08 Å². The summed E-state index contributed by atoms with van der Waals surface area (Å²) >= 11 is 0. The highest BCUT2D eigenvalue weighted by atomic mass is 16.6. The second-order valence-electron chi connectivity index (χ2n) is 4.60. The van der Waals surface area contributed by atoms with Gasteiger partial charge in [-0.2, -0.15) is 0 Å². The van der Waals surface area contributed by atoms with Gasteiger partial charge in [-0.25, -0.2) is 0 Å². The molecule has 0 amide bonds. The van der Waals surface area contributed by atoms with Crippen LogP contribution in [0.2, 0.25) is 0 Å². The van der Waals surface area contributed by atoms with Crippen LogP contribution in [0.3, 0.4) is 0 Å². The zero-order chi connectivity index (χ0) is 14.4. The number of nitro groups is 1. The molecule has 0 N–H and O–H groups in total. The molecule has 0 aromatic heterocycles. The maximum Gasteiger partial charge on any atom is 0.247 e. The number of methoxy groups -OCH3 is 2. The molecule has 0 unspecified atom stereocenters. The highest BCUT2D eigenvalue weighted by molar-refractivity contribution is 5.60. The Morgan fingerprint density at radius 2 is 2.05 bits per heavy atom. The van der Waals surface area contributed by atoms with Gasteiger partial charge in [-0.05, 0) is 18.1 Å². The molecule has 1 rings (SSSR count). The van der Waals surface area contributed by atoms with Gasteiger partial charge in [0.25, 0.3) is 0 Å². The Labute approximate surface area is 113 Å².